The van der Waals surface area contributed by atoms with Crippen LogP contribution in [-0.2, 0) is 20.0 Å². The minimum atomic E-state index is -3.88. The Morgan fingerprint density at radius 2 is 1.45 bits per heavy atom. The highest BCUT2D eigenvalue weighted by molar-refractivity contribution is 7.92. The molecule has 9 heteroatoms. The molecule has 0 radical (unpaired) electrons. The number of benzene rings is 2. The lowest BCUT2D eigenvalue weighted by molar-refractivity contribution is 0.418. The van der Waals surface area contributed by atoms with Crippen LogP contribution in [0.4, 0.5) is 11.4 Å². The number of sulfonamides is 2. The van der Waals surface area contributed by atoms with Crippen molar-refractivity contribution < 1.29 is 16.8 Å². The van der Waals surface area contributed by atoms with E-state index in [2.05, 4.69) is 16.5 Å². The highest BCUT2D eigenvalue weighted by Gasteiger charge is 2.24. The maximum Gasteiger partial charge on any atom is 0.261 e. The average Bonchev–Trinajstić information content (AvgIpc) is 2.76. The summed E-state index contributed by atoms with van der Waals surface area (Å²) in [5, 5.41) is 0. The van der Waals surface area contributed by atoms with E-state index in [0.29, 0.717) is 11.7 Å². The maximum atomic E-state index is 13.0. The first kappa shape index (κ1) is 23.6. The number of para-hydroxylation sites is 2. The van der Waals surface area contributed by atoms with Crippen LogP contribution in [0.25, 0.3) is 0 Å². The quantitative estimate of drug-likeness (QED) is 0.639. The highest BCUT2D eigenvalue weighted by atomic mass is 32.2. The van der Waals surface area contributed by atoms with Gasteiger partial charge >= 0.3 is 0 Å². The zero-order valence-electron chi connectivity index (χ0n) is 18.3. The van der Waals surface area contributed by atoms with Crippen LogP contribution in [0, 0.1) is 0 Å². The van der Waals surface area contributed by atoms with Crippen molar-refractivity contribution in [1.82, 2.24) is 4.31 Å². The average molecular weight is 466 g/mol. The summed E-state index contributed by atoms with van der Waals surface area (Å²) in [5.74, 6) is 0. The number of hydrogen-bond donors (Lipinski definition) is 1. The van der Waals surface area contributed by atoms with Gasteiger partial charge in [-0.2, -0.15) is 0 Å². The predicted octanol–water partition coefficient (Wildman–Crippen LogP) is 3.90. The Balaban J connectivity index is 1.88. The molecule has 170 valence electrons. The molecule has 0 aromatic heterocycles. The van der Waals surface area contributed by atoms with Crippen LogP contribution in [0.1, 0.15) is 39.0 Å². The fraction of sp³-hybridized carbons (Fsp3) is 0.455. The lowest BCUT2D eigenvalue weighted by atomic mass is 9.93. The Kier molecular flexibility index (Phi) is 7.28. The largest absolute Gasteiger partial charge is 0.367 e. The molecule has 3 rings (SSSR count). The van der Waals surface area contributed by atoms with Gasteiger partial charge in [-0.15, -0.1) is 0 Å². The van der Waals surface area contributed by atoms with Crippen molar-refractivity contribution in [1.29, 1.82) is 0 Å². The summed E-state index contributed by atoms with van der Waals surface area (Å²) in [5.41, 5.74) is 1.40. The van der Waals surface area contributed by atoms with Crippen LogP contribution >= 0.6 is 0 Å². The van der Waals surface area contributed by atoms with Crippen molar-refractivity contribution in [2.75, 3.05) is 30.3 Å². The molecule has 0 amide bonds. The topological polar surface area (TPSA) is 86.8 Å². The minimum absolute atomic E-state index is 0.0146. The van der Waals surface area contributed by atoms with Gasteiger partial charge < -0.3 is 4.90 Å². The van der Waals surface area contributed by atoms with Crippen molar-refractivity contribution >= 4 is 31.4 Å². The van der Waals surface area contributed by atoms with Gasteiger partial charge in [0.1, 0.15) is 0 Å². The highest BCUT2D eigenvalue weighted by Crippen LogP contribution is 2.33. The van der Waals surface area contributed by atoms with E-state index in [9.17, 15) is 16.8 Å². The van der Waals surface area contributed by atoms with Gasteiger partial charge in [0, 0.05) is 26.7 Å². The Bertz CT molecular complexity index is 1090. The first-order valence-corrected chi connectivity index (χ1v) is 13.5. The molecule has 0 saturated heterocycles. The zero-order valence-corrected chi connectivity index (χ0v) is 19.9. The van der Waals surface area contributed by atoms with E-state index >= 15 is 0 Å². The van der Waals surface area contributed by atoms with Crippen LogP contribution in [0.3, 0.4) is 0 Å². The monoisotopic (exact) mass is 465 g/mol. The van der Waals surface area contributed by atoms with E-state index in [1.807, 2.05) is 18.2 Å². The number of nitrogens with one attached hydrogen (secondary N) is 1. The van der Waals surface area contributed by atoms with Gasteiger partial charge in [-0.25, -0.2) is 21.1 Å². The first-order chi connectivity index (χ1) is 14.7. The van der Waals surface area contributed by atoms with Gasteiger partial charge in [-0.05, 0) is 56.2 Å². The maximum absolute atomic E-state index is 13.0. The number of nitrogens with zero attached hydrogens (tertiary/aromatic N) is 2. The Labute approximate surface area is 186 Å². The molecule has 0 atom stereocenters. The van der Waals surface area contributed by atoms with Crippen LogP contribution in [-0.4, -0.2) is 47.8 Å². The molecule has 0 heterocycles. The smallest absolute Gasteiger partial charge is 0.261 e. The van der Waals surface area contributed by atoms with E-state index in [0.717, 1.165) is 29.4 Å². The van der Waals surface area contributed by atoms with E-state index in [1.165, 1.54) is 57.6 Å². The van der Waals surface area contributed by atoms with Crippen molar-refractivity contribution in [3.05, 3.63) is 48.5 Å². The summed E-state index contributed by atoms with van der Waals surface area (Å²) in [6, 6.07) is 13.1. The standard InChI is InChI=1S/C22H31N3O4S2/c1-4-25(18-10-6-5-7-11-18)22-13-9-8-12-21(22)23-30(26,27)19-14-16-20(17-15-19)31(28,29)24(2)3/h8-9,12-18,23H,4-7,10-11H2,1-3H3. The van der Waals surface area contributed by atoms with Crippen LogP contribution < -0.4 is 9.62 Å². The molecule has 0 aliphatic heterocycles. The molecule has 2 aromatic rings. The summed E-state index contributed by atoms with van der Waals surface area (Å²) in [4.78, 5) is 2.34. The third-order valence-electron chi connectivity index (χ3n) is 5.73. The van der Waals surface area contributed by atoms with E-state index in [-0.39, 0.29) is 9.79 Å². The molecular weight excluding hydrogens is 434 g/mol. The number of rotatable bonds is 8. The second-order valence-corrected chi connectivity index (χ2v) is 11.8. The molecular formula is C22H31N3O4S2. The fourth-order valence-corrected chi connectivity index (χ4v) is 6.01. The third-order valence-corrected chi connectivity index (χ3v) is 8.94. The normalized spacial score (nSPS) is 15.7. The van der Waals surface area contributed by atoms with E-state index in [1.54, 1.807) is 6.07 Å². The molecule has 7 nitrogen and oxygen atoms in total. The Hall–Kier alpha value is -2.10. The van der Waals surface area contributed by atoms with Gasteiger partial charge in [0.05, 0.1) is 21.2 Å². The molecule has 0 unspecified atom stereocenters. The molecule has 1 aliphatic carbocycles. The molecule has 0 spiro atoms. The summed E-state index contributed by atoms with van der Waals surface area (Å²) in [7, 11) is -4.63. The summed E-state index contributed by atoms with van der Waals surface area (Å²) in [6.45, 7) is 2.88. The van der Waals surface area contributed by atoms with Gasteiger partial charge in [0.2, 0.25) is 10.0 Å². The third kappa shape index (κ3) is 5.22. The van der Waals surface area contributed by atoms with Crippen molar-refractivity contribution in [3.8, 4) is 0 Å². The van der Waals surface area contributed by atoms with Gasteiger partial charge in [0.25, 0.3) is 10.0 Å². The second kappa shape index (κ2) is 9.58. The van der Waals surface area contributed by atoms with Crippen molar-refractivity contribution in [2.45, 2.75) is 54.9 Å². The SMILES string of the molecule is CCN(c1ccccc1NS(=O)(=O)c1ccc(S(=O)(=O)N(C)C)cc1)C1CCCCC1. The molecule has 0 bridgehead atoms. The Morgan fingerprint density at radius 3 is 2.03 bits per heavy atom. The fourth-order valence-electron chi connectivity index (χ4n) is 4.03. The summed E-state index contributed by atoms with van der Waals surface area (Å²) >= 11 is 0. The van der Waals surface area contributed by atoms with E-state index < -0.39 is 20.0 Å². The van der Waals surface area contributed by atoms with Crippen molar-refractivity contribution in [3.63, 3.8) is 0 Å². The summed E-state index contributed by atoms with van der Waals surface area (Å²) in [6.07, 6.45) is 5.85. The predicted molar refractivity (Wildman–Crippen MR) is 124 cm³/mol. The zero-order chi connectivity index (χ0) is 22.6. The first-order valence-electron chi connectivity index (χ1n) is 10.6. The van der Waals surface area contributed by atoms with Crippen LogP contribution in [0.5, 0.6) is 0 Å². The van der Waals surface area contributed by atoms with E-state index in [4.69, 9.17) is 0 Å². The lowest BCUT2D eigenvalue weighted by Gasteiger charge is -2.36. The van der Waals surface area contributed by atoms with Gasteiger partial charge in [-0.3, -0.25) is 4.72 Å². The molecule has 1 N–H and O–H groups in total. The Morgan fingerprint density at radius 1 is 0.871 bits per heavy atom. The van der Waals surface area contributed by atoms with Gasteiger partial charge in [0.15, 0.2) is 0 Å². The second-order valence-electron chi connectivity index (χ2n) is 7.96. The molecule has 31 heavy (non-hydrogen) atoms. The van der Waals surface area contributed by atoms with Crippen LogP contribution in [0.15, 0.2) is 58.3 Å². The van der Waals surface area contributed by atoms with Gasteiger partial charge in [-0.1, -0.05) is 31.4 Å². The van der Waals surface area contributed by atoms with Crippen LogP contribution in [0.2, 0.25) is 0 Å². The molecule has 1 aliphatic rings. The van der Waals surface area contributed by atoms with Crippen molar-refractivity contribution in [2.24, 2.45) is 0 Å². The molecule has 1 fully saturated rings. The minimum Gasteiger partial charge on any atom is -0.367 e. The molecule has 2 aromatic carbocycles. The molecule has 1 saturated carbocycles. The summed E-state index contributed by atoms with van der Waals surface area (Å²) < 4.78 is 54.4. The number of anilines is 2. The number of hydrogen-bond acceptors (Lipinski definition) is 5. The lowest BCUT2D eigenvalue weighted by Crippen LogP contribution is -2.37.